The average molecular weight is 279 g/mol. The minimum atomic E-state index is -1.14. The lowest BCUT2D eigenvalue weighted by Gasteiger charge is -2.19. The van der Waals surface area contributed by atoms with Crippen molar-refractivity contribution in [2.45, 2.75) is 23.8 Å². The van der Waals surface area contributed by atoms with Crippen LogP contribution in [0.3, 0.4) is 0 Å². The van der Waals surface area contributed by atoms with Crippen LogP contribution in [0.1, 0.15) is 23.2 Å². The molecule has 0 bridgehead atoms. The Morgan fingerprint density at radius 3 is 2.79 bits per heavy atom. The molecule has 0 spiro atoms. The molecule has 1 heterocycles. The van der Waals surface area contributed by atoms with Gasteiger partial charge in [-0.2, -0.15) is 0 Å². The molecule has 100 valence electrons. The molecule has 0 aliphatic carbocycles. The number of carboxylic acid groups (broad SMARTS) is 1. The van der Waals surface area contributed by atoms with Gasteiger partial charge in [0.25, 0.3) is 5.91 Å². The fourth-order valence-electron chi connectivity index (χ4n) is 2.07. The molecular formula is C13H13NO4S. The number of aliphatic carboxylic acids is 1. The molecule has 1 N–H and O–H groups in total. The Morgan fingerprint density at radius 2 is 2.16 bits per heavy atom. The fourth-order valence-corrected chi connectivity index (χ4v) is 2.53. The van der Waals surface area contributed by atoms with Gasteiger partial charge in [0, 0.05) is 16.9 Å². The van der Waals surface area contributed by atoms with Gasteiger partial charge in [0.1, 0.15) is 6.04 Å². The molecule has 1 aliphatic rings. The molecule has 0 radical (unpaired) electrons. The van der Waals surface area contributed by atoms with Crippen LogP contribution in [0.5, 0.6) is 0 Å². The normalized spacial score (nSPS) is 18.7. The first-order valence-electron chi connectivity index (χ1n) is 5.78. The summed E-state index contributed by atoms with van der Waals surface area (Å²) in [5.74, 6) is -2.10. The molecule has 1 saturated heterocycles. The maximum absolute atomic E-state index is 12.3. The Balaban J connectivity index is 2.31. The Hall–Kier alpha value is -1.82. The van der Waals surface area contributed by atoms with Crippen LogP contribution in [0.15, 0.2) is 29.2 Å². The van der Waals surface area contributed by atoms with Crippen molar-refractivity contribution in [2.24, 2.45) is 0 Å². The van der Waals surface area contributed by atoms with Crippen molar-refractivity contribution in [3.8, 4) is 0 Å². The van der Waals surface area contributed by atoms with Crippen molar-refractivity contribution in [1.29, 1.82) is 0 Å². The molecular weight excluding hydrogens is 266 g/mol. The minimum absolute atomic E-state index is 0.102. The van der Waals surface area contributed by atoms with Gasteiger partial charge < -0.3 is 5.11 Å². The number of likely N-dealkylation sites (tertiary alicyclic amines) is 1. The fraction of sp³-hybridized carbons (Fsp3) is 0.308. The van der Waals surface area contributed by atoms with E-state index in [0.717, 1.165) is 9.80 Å². The Labute approximate surface area is 114 Å². The first kappa shape index (κ1) is 13.6. The number of nitrogens with zero attached hydrogens (tertiary/aromatic N) is 1. The summed E-state index contributed by atoms with van der Waals surface area (Å²) in [6, 6.07) is 5.78. The number of hydrogen-bond donors (Lipinski definition) is 1. The third kappa shape index (κ3) is 2.63. The topological polar surface area (TPSA) is 74.7 Å². The van der Waals surface area contributed by atoms with Crippen molar-refractivity contribution in [1.82, 2.24) is 4.90 Å². The van der Waals surface area contributed by atoms with Crippen molar-refractivity contribution >= 4 is 29.5 Å². The SMILES string of the molecule is CSc1cccc(C(=O)N2C(=O)CCC2C(=O)O)c1. The highest BCUT2D eigenvalue weighted by Gasteiger charge is 2.40. The summed E-state index contributed by atoms with van der Waals surface area (Å²) >= 11 is 1.48. The lowest BCUT2D eigenvalue weighted by atomic mass is 10.1. The van der Waals surface area contributed by atoms with Crippen LogP contribution in [0, 0.1) is 0 Å². The zero-order chi connectivity index (χ0) is 14.0. The van der Waals surface area contributed by atoms with Crippen LogP contribution in [-0.4, -0.2) is 40.1 Å². The molecule has 1 atom stereocenters. The maximum Gasteiger partial charge on any atom is 0.326 e. The number of carbonyl (C=O) groups excluding carboxylic acids is 2. The van der Waals surface area contributed by atoms with Gasteiger partial charge in [-0.1, -0.05) is 6.07 Å². The van der Waals surface area contributed by atoms with E-state index in [1.807, 2.05) is 12.3 Å². The van der Waals surface area contributed by atoms with E-state index in [2.05, 4.69) is 0 Å². The summed E-state index contributed by atoms with van der Waals surface area (Å²) in [4.78, 5) is 36.8. The van der Waals surface area contributed by atoms with Gasteiger partial charge in [-0.15, -0.1) is 11.8 Å². The minimum Gasteiger partial charge on any atom is -0.480 e. The quantitative estimate of drug-likeness (QED) is 0.672. The van der Waals surface area contributed by atoms with Crippen LogP contribution in [0.2, 0.25) is 0 Å². The summed E-state index contributed by atoms with van der Waals surface area (Å²) < 4.78 is 0. The largest absolute Gasteiger partial charge is 0.480 e. The van der Waals surface area contributed by atoms with E-state index in [-0.39, 0.29) is 12.8 Å². The van der Waals surface area contributed by atoms with E-state index < -0.39 is 23.8 Å². The predicted octanol–water partition coefficient (Wildman–Crippen LogP) is 1.62. The number of carbonyl (C=O) groups is 3. The van der Waals surface area contributed by atoms with Crippen molar-refractivity contribution in [3.05, 3.63) is 29.8 Å². The molecule has 1 unspecified atom stereocenters. The van der Waals surface area contributed by atoms with Crippen molar-refractivity contribution in [2.75, 3.05) is 6.26 Å². The number of thioether (sulfide) groups is 1. The highest BCUT2D eigenvalue weighted by atomic mass is 32.2. The van der Waals surface area contributed by atoms with Gasteiger partial charge in [-0.05, 0) is 30.9 Å². The molecule has 1 aliphatic heterocycles. The van der Waals surface area contributed by atoms with Gasteiger partial charge in [0.2, 0.25) is 5.91 Å². The first-order chi connectivity index (χ1) is 9.04. The molecule has 2 rings (SSSR count). The molecule has 1 fully saturated rings. The Bertz CT molecular complexity index is 543. The van der Waals surface area contributed by atoms with E-state index in [1.54, 1.807) is 18.2 Å². The van der Waals surface area contributed by atoms with E-state index in [0.29, 0.717) is 5.56 Å². The maximum atomic E-state index is 12.3. The van der Waals surface area contributed by atoms with E-state index in [4.69, 9.17) is 5.11 Å². The van der Waals surface area contributed by atoms with Crippen LogP contribution >= 0.6 is 11.8 Å². The number of amides is 2. The molecule has 2 amide bonds. The zero-order valence-corrected chi connectivity index (χ0v) is 11.1. The van der Waals surface area contributed by atoms with Gasteiger partial charge in [-0.3, -0.25) is 14.5 Å². The molecule has 0 saturated carbocycles. The van der Waals surface area contributed by atoms with Crippen LogP contribution in [0.25, 0.3) is 0 Å². The zero-order valence-electron chi connectivity index (χ0n) is 10.3. The Morgan fingerprint density at radius 1 is 1.42 bits per heavy atom. The molecule has 6 heteroatoms. The second kappa shape index (κ2) is 5.44. The van der Waals surface area contributed by atoms with Crippen molar-refractivity contribution in [3.63, 3.8) is 0 Å². The van der Waals surface area contributed by atoms with E-state index in [9.17, 15) is 14.4 Å². The summed E-state index contributed by atoms with van der Waals surface area (Å²) in [6.07, 6.45) is 2.16. The smallest absolute Gasteiger partial charge is 0.326 e. The predicted molar refractivity (Wildman–Crippen MR) is 70.1 cm³/mol. The van der Waals surface area contributed by atoms with Crippen LogP contribution < -0.4 is 0 Å². The van der Waals surface area contributed by atoms with Crippen molar-refractivity contribution < 1.29 is 19.5 Å². The number of rotatable bonds is 3. The lowest BCUT2D eigenvalue weighted by Crippen LogP contribution is -2.42. The second-order valence-corrected chi connectivity index (χ2v) is 5.07. The summed E-state index contributed by atoms with van der Waals surface area (Å²) in [5, 5.41) is 9.05. The first-order valence-corrected chi connectivity index (χ1v) is 7.00. The highest BCUT2D eigenvalue weighted by Crippen LogP contribution is 2.23. The van der Waals surface area contributed by atoms with E-state index >= 15 is 0 Å². The molecule has 1 aromatic rings. The van der Waals surface area contributed by atoms with E-state index in [1.165, 1.54) is 11.8 Å². The summed E-state index contributed by atoms with van der Waals surface area (Å²) in [6.45, 7) is 0. The van der Waals surface area contributed by atoms with Gasteiger partial charge in [-0.25, -0.2) is 4.79 Å². The number of benzene rings is 1. The third-order valence-corrected chi connectivity index (χ3v) is 3.76. The monoisotopic (exact) mass is 279 g/mol. The third-order valence-electron chi connectivity index (χ3n) is 3.03. The van der Waals surface area contributed by atoms with Gasteiger partial charge in [0.15, 0.2) is 0 Å². The molecule has 1 aromatic carbocycles. The number of hydrogen-bond acceptors (Lipinski definition) is 4. The standard InChI is InChI=1S/C13H13NO4S/c1-19-9-4-2-3-8(7-9)12(16)14-10(13(17)18)5-6-11(14)15/h2-4,7,10H,5-6H2,1H3,(H,17,18). The molecule has 5 nitrogen and oxygen atoms in total. The molecule has 0 aromatic heterocycles. The number of imide groups is 1. The van der Waals surface area contributed by atoms with Gasteiger partial charge in [0.05, 0.1) is 0 Å². The van der Waals surface area contributed by atoms with Gasteiger partial charge >= 0.3 is 5.97 Å². The molecule has 19 heavy (non-hydrogen) atoms. The van der Waals surface area contributed by atoms with Crippen LogP contribution in [0.4, 0.5) is 0 Å². The Kier molecular flexibility index (Phi) is 3.90. The van der Waals surface area contributed by atoms with Crippen LogP contribution in [-0.2, 0) is 9.59 Å². The average Bonchev–Trinajstić information content (AvgIpc) is 2.80. The summed E-state index contributed by atoms with van der Waals surface area (Å²) in [5.41, 5.74) is 0.341. The summed E-state index contributed by atoms with van der Waals surface area (Å²) in [7, 11) is 0. The lowest BCUT2D eigenvalue weighted by molar-refractivity contribution is -0.144. The number of carboxylic acids is 1. The highest BCUT2D eigenvalue weighted by molar-refractivity contribution is 7.98. The second-order valence-electron chi connectivity index (χ2n) is 4.19.